The van der Waals surface area contributed by atoms with Gasteiger partial charge in [-0.1, -0.05) is 25.7 Å². The first-order chi connectivity index (χ1) is 12.1. The van der Waals surface area contributed by atoms with E-state index in [-0.39, 0.29) is 11.3 Å². The van der Waals surface area contributed by atoms with Gasteiger partial charge in [0.25, 0.3) is 0 Å². The van der Waals surface area contributed by atoms with Gasteiger partial charge in [0.1, 0.15) is 0 Å². The molecule has 0 bridgehead atoms. The van der Waals surface area contributed by atoms with Crippen molar-refractivity contribution in [2.75, 3.05) is 53.9 Å². The Morgan fingerprint density at radius 2 is 1.68 bits per heavy atom. The number of carbonyl (C=O) groups is 1. The standard InChI is InChI=1S/C19H37N5O/c1-20-18(21-12-15-24-13-8-4-5-9-14-24)22-16-19(10-6-7-11-19)17(25)23(2)3/h4-16H2,1-3H3,(H2,20,21,22). The van der Waals surface area contributed by atoms with Crippen molar-refractivity contribution in [1.82, 2.24) is 20.4 Å². The van der Waals surface area contributed by atoms with Crippen LogP contribution in [0.3, 0.4) is 0 Å². The average molecular weight is 352 g/mol. The highest BCUT2D eigenvalue weighted by Gasteiger charge is 2.42. The number of rotatable bonds is 6. The molecule has 0 aromatic heterocycles. The molecule has 2 rings (SSSR count). The van der Waals surface area contributed by atoms with E-state index >= 15 is 0 Å². The lowest BCUT2D eigenvalue weighted by Crippen LogP contribution is -2.50. The van der Waals surface area contributed by atoms with Crippen molar-refractivity contribution in [3.8, 4) is 0 Å². The number of likely N-dealkylation sites (tertiary alicyclic amines) is 1. The molecule has 0 unspecified atom stereocenters. The lowest BCUT2D eigenvalue weighted by atomic mass is 9.84. The van der Waals surface area contributed by atoms with Crippen molar-refractivity contribution >= 4 is 11.9 Å². The molecule has 0 atom stereocenters. The summed E-state index contributed by atoms with van der Waals surface area (Å²) in [7, 11) is 5.52. The molecule has 2 N–H and O–H groups in total. The molecule has 0 aromatic carbocycles. The number of nitrogens with zero attached hydrogens (tertiary/aromatic N) is 3. The summed E-state index contributed by atoms with van der Waals surface area (Å²) < 4.78 is 0. The van der Waals surface area contributed by atoms with Crippen LogP contribution < -0.4 is 10.6 Å². The van der Waals surface area contributed by atoms with Gasteiger partial charge in [-0.2, -0.15) is 0 Å². The minimum atomic E-state index is -0.258. The molecule has 1 aliphatic carbocycles. The van der Waals surface area contributed by atoms with E-state index in [1.807, 2.05) is 14.1 Å². The van der Waals surface area contributed by atoms with Crippen LogP contribution in [-0.4, -0.2) is 75.5 Å². The highest BCUT2D eigenvalue weighted by atomic mass is 16.2. The first-order valence-corrected chi connectivity index (χ1v) is 9.96. The molecular weight excluding hydrogens is 314 g/mol. The minimum Gasteiger partial charge on any atom is -0.355 e. The van der Waals surface area contributed by atoms with E-state index in [0.717, 1.165) is 44.7 Å². The van der Waals surface area contributed by atoms with Crippen LogP contribution in [0.1, 0.15) is 51.4 Å². The van der Waals surface area contributed by atoms with Gasteiger partial charge < -0.3 is 20.4 Å². The highest BCUT2D eigenvalue weighted by molar-refractivity contribution is 5.85. The van der Waals surface area contributed by atoms with E-state index in [2.05, 4.69) is 20.5 Å². The second kappa shape index (κ2) is 10.00. The second-order valence-corrected chi connectivity index (χ2v) is 7.80. The molecule has 0 radical (unpaired) electrons. The van der Waals surface area contributed by atoms with Crippen molar-refractivity contribution in [1.29, 1.82) is 0 Å². The molecular formula is C19H37N5O. The maximum atomic E-state index is 12.6. The Kier molecular flexibility index (Phi) is 8.00. The second-order valence-electron chi connectivity index (χ2n) is 7.80. The molecule has 1 saturated heterocycles. The molecule has 1 heterocycles. The Labute approximate surface area is 153 Å². The van der Waals surface area contributed by atoms with E-state index < -0.39 is 0 Å². The molecule has 2 fully saturated rings. The number of aliphatic imine (C=N–C) groups is 1. The van der Waals surface area contributed by atoms with E-state index in [4.69, 9.17) is 0 Å². The van der Waals surface area contributed by atoms with Crippen LogP contribution in [0.2, 0.25) is 0 Å². The number of carbonyl (C=O) groups excluding carboxylic acids is 1. The fraction of sp³-hybridized carbons (Fsp3) is 0.895. The third kappa shape index (κ3) is 5.87. The minimum absolute atomic E-state index is 0.248. The van der Waals surface area contributed by atoms with Crippen LogP contribution in [0.25, 0.3) is 0 Å². The third-order valence-electron chi connectivity index (χ3n) is 5.66. The summed E-state index contributed by atoms with van der Waals surface area (Å²) >= 11 is 0. The molecule has 144 valence electrons. The third-order valence-corrected chi connectivity index (χ3v) is 5.66. The fourth-order valence-corrected chi connectivity index (χ4v) is 4.16. The van der Waals surface area contributed by atoms with Crippen molar-refractivity contribution < 1.29 is 4.79 Å². The number of guanidine groups is 1. The normalized spacial score (nSPS) is 21.6. The summed E-state index contributed by atoms with van der Waals surface area (Å²) in [6.07, 6.45) is 9.61. The Morgan fingerprint density at radius 3 is 2.24 bits per heavy atom. The summed E-state index contributed by atoms with van der Waals surface area (Å²) in [5, 5.41) is 6.83. The van der Waals surface area contributed by atoms with Gasteiger partial charge in [0.15, 0.2) is 5.96 Å². The molecule has 0 aromatic rings. The summed E-state index contributed by atoms with van der Waals surface area (Å²) in [5.74, 6) is 1.06. The number of hydrogen-bond acceptors (Lipinski definition) is 3. The van der Waals surface area contributed by atoms with Crippen LogP contribution in [0.4, 0.5) is 0 Å². The van der Waals surface area contributed by atoms with Gasteiger partial charge in [0.05, 0.1) is 5.41 Å². The van der Waals surface area contributed by atoms with Gasteiger partial charge >= 0.3 is 0 Å². The van der Waals surface area contributed by atoms with Crippen LogP contribution in [0.5, 0.6) is 0 Å². The predicted octanol–water partition coefficient (Wildman–Crippen LogP) is 1.68. The van der Waals surface area contributed by atoms with Crippen LogP contribution in [0.15, 0.2) is 4.99 Å². The zero-order valence-corrected chi connectivity index (χ0v) is 16.4. The number of amides is 1. The summed E-state index contributed by atoms with van der Waals surface area (Å²) in [6, 6.07) is 0. The fourth-order valence-electron chi connectivity index (χ4n) is 4.16. The first-order valence-electron chi connectivity index (χ1n) is 9.96. The zero-order chi connectivity index (χ0) is 18.1. The summed E-state index contributed by atoms with van der Waals surface area (Å²) in [5.41, 5.74) is -0.258. The lowest BCUT2D eigenvalue weighted by Gasteiger charge is -2.31. The number of nitrogens with one attached hydrogen (secondary N) is 2. The Bertz CT molecular complexity index is 435. The maximum Gasteiger partial charge on any atom is 0.230 e. The van der Waals surface area contributed by atoms with Gasteiger partial charge in [0, 0.05) is 40.8 Å². The van der Waals surface area contributed by atoms with Gasteiger partial charge in [-0.15, -0.1) is 0 Å². The summed E-state index contributed by atoms with van der Waals surface area (Å²) in [4.78, 5) is 21.3. The van der Waals surface area contributed by atoms with Crippen molar-refractivity contribution in [2.45, 2.75) is 51.4 Å². The van der Waals surface area contributed by atoms with Crippen LogP contribution >= 0.6 is 0 Å². The predicted molar refractivity (Wildman–Crippen MR) is 104 cm³/mol. The van der Waals surface area contributed by atoms with Crippen LogP contribution in [0, 0.1) is 5.41 Å². The Balaban J connectivity index is 1.77. The van der Waals surface area contributed by atoms with Gasteiger partial charge in [0.2, 0.25) is 5.91 Å². The zero-order valence-electron chi connectivity index (χ0n) is 16.4. The Morgan fingerprint density at radius 1 is 1.04 bits per heavy atom. The average Bonchev–Trinajstić information content (AvgIpc) is 2.94. The Hall–Kier alpha value is -1.30. The largest absolute Gasteiger partial charge is 0.355 e. The quantitative estimate of drug-likeness (QED) is 0.565. The first kappa shape index (κ1) is 20.0. The van der Waals surface area contributed by atoms with Crippen LogP contribution in [-0.2, 0) is 4.79 Å². The molecule has 6 heteroatoms. The van der Waals surface area contributed by atoms with E-state index in [1.54, 1.807) is 11.9 Å². The van der Waals surface area contributed by atoms with Gasteiger partial charge in [-0.3, -0.25) is 9.79 Å². The molecule has 1 amide bonds. The van der Waals surface area contributed by atoms with E-state index in [9.17, 15) is 4.79 Å². The summed E-state index contributed by atoms with van der Waals surface area (Å²) in [6.45, 7) is 5.06. The maximum absolute atomic E-state index is 12.6. The lowest BCUT2D eigenvalue weighted by molar-refractivity contribution is -0.138. The molecule has 2 aliphatic rings. The van der Waals surface area contributed by atoms with Crippen molar-refractivity contribution in [2.24, 2.45) is 10.4 Å². The molecule has 1 aliphatic heterocycles. The topological polar surface area (TPSA) is 60.0 Å². The van der Waals surface area contributed by atoms with Crippen molar-refractivity contribution in [3.05, 3.63) is 0 Å². The molecule has 25 heavy (non-hydrogen) atoms. The monoisotopic (exact) mass is 351 g/mol. The molecule has 1 saturated carbocycles. The van der Waals surface area contributed by atoms with Gasteiger partial charge in [-0.25, -0.2) is 0 Å². The SMILES string of the molecule is CN=C(NCCN1CCCCCC1)NCC1(C(=O)N(C)C)CCCC1. The highest BCUT2D eigenvalue weighted by Crippen LogP contribution is 2.38. The smallest absolute Gasteiger partial charge is 0.230 e. The van der Waals surface area contributed by atoms with E-state index in [0.29, 0.717) is 6.54 Å². The van der Waals surface area contributed by atoms with Crippen molar-refractivity contribution in [3.63, 3.8) is 0 Å². The van der Waals surface area contributed by atoms with Gasteiger partial charge in [-0.05, 0) is 38.8 Å². The molecule has 6 nitrogen and oxygen atoms in total. The van der Waals surface area contributed by atoms with E-state index in [1.165, 1.54) is 38.8 Å². The number of hydrogen-bond donors (Lipinski definition) is 2. The molecule has 0 spiro atoms.